The second-order valence-corrected chi connectivity index (χ2v) is 6.52. The maximum absolute atomic E-state index is 10.9. The standard InChI is InChI=1S/C10H11NO2.C7H13NSi/c1-2-13-10(12)4-3-9-5-7-11-8-6-9;1-2-7-9-8-5-3-4-6-8/h3-8H,2H2,1H3;3-6H,2,7,9H2,1H3. The van der Waals surface area contributed by atoms with Crippen LogP contribution in [0.1, 0.15) is 25.8 Å². The molecule has 22 heavy (non-hydrogen) atoms. The molecule has 0 aliphatic rings. The molecular weight excluding hydrogens is 292 g/mol. The van der Waals surface area contributed by atoms with Crippen LogP contribution in [0.3, 0.4) is 0 Å². The fraction of sp³-hybridized carbons (Fsp3) is 0.294. The van der Waals surface area contributed by atoms with E-state index in [1.165, 1.54) is 18.5 Å². The van der Waals surface area contributed by atoms with Gasteiger partial charge >= 0.3 is 5.97 Å². The van der Waals surface area contributed by atoms with Crippen molar-refractivity contribution in [2.24, 2.45) is 0 Å². The monoisotopic (exact) mass is 316 g/mol. The van der Waals surface area contributed by atoms with Gasteiger partial charge in [0.1, 0.15) is 9.68 Å². The summed E-state index contributed by atoms with van der Waals surface area (Å²) in [6, 6.07) is 9.26. The highest BCUT2D eigenvalue weighted by atomic mass is 28.2. The molecule has 4 nitrogen and oxygen atoms in total. The zero-order valence-corrected chi connectivity index (χ0v) is 14.7. The fourth-order valence-corrected chi connectivity index (χ4v) is 2.91. The molecule has 0 aliphatic carbocycles. The van der Waals surface area contributed by atoms with E-state index in [0.717, 1.165) is 5.56 Å². The highest BCUT2D eigenvalue weighted by molar-refractivity contribution is 6.33. The molecule has 0 atom stereocenters. The van der Waals surface area contributed by atoms with E-state index in [-0.39, 0.29) is 15.7 Å². The van der Waals surface area contributed by atoms with Gasteiger partial charge in [-0.3, -0.25) is 4.98 Å². The van der Waals surface area contributed by atoms with Gasteiger partial charge in [-0.25, -0.2) is 4.79 Å². The zero-order chi connectivity index (χ0) is 16.0. The molecule has 0 saturated heterocycles. The number of pyridine rings is 1. The van der Waals surface area contributed by atoms with E-state index in [0.29, 0.717) is 6.61 Å². The number of rotatable bonds is 6. The molecule has 2 rings (SSSR count). The molecule has 5 heteroatoms. The normalized spacial score (nSPS) is 10.6. The summed E-state index contributed by atoms with van der Waals surface area (Å²) < 4.78 is 7.07. The molecule has 0 saturated carbocycles. The van der Waals surface area contributed by atoms with Crippen molar-refractivity contribution in [1.29, 1.82) is 0 Å². The van der Waals surface area contributed by atoms with Crippen molar-refractivity contribution in [3.63, 3.8) is 0 Å². The number of ether oxygens (including phenoxy) is 1. The lowest BCUT2D eigenvalue weighted by molar-refractivity contribution is -0.137. The second-order valence-electron chi connectivity index (χ2n) is 4.64. The molecule has 2 aromatic rings. The van der Waals surface area contributed by atoms with Gasteiger partial charge in [-0.05, 0) is 61.3 Å². The minimum absolute atomic E-state index is 0.0475. The zero-order valence-electron chi connectivity index (χ0n) is 13.3. The van der Waals surface area contributed by atoms with Gasteiger partial charge in [-0.1, -0.05) is 13.3 Å². The SMILES string of the molecule is CCC[SiH2]n1cccc1.CCOC(=O)C=Cc1ccncc1. The van der Waals surface area contributed by atoms with Crippen molar-refractivity contribution >= 4 is 21.7 Å². The number of nitrogens with zero attached hydrogens (tertiary/aromatic N) is 2. The van der Waals surface area contributed by atoms with Gasteiger partial charge in [-0.15, -0.1) is 0 Å². The van der Waals surface area contributed by atoms with Gasteiger partial charge < -0.3 is 8.97 Å². The number of esters is 1. The Morgan fingerprint density at radius 2 is 1.95 bits per heavy atom. The van der Waals surface area contributed by atoms with Crippen molar-refractivity contribution < 1.29 is 9.53 Å². The Kier molecular flexibility index (Phi) is 9.37. The van der Waals surface area contributed by atoms with Gasteiger partial charge in [-0.2, -0.15) is 0 Å². The molecule has 0 amide bonds. The number of hydrogen-bond donors (Lipinski definition) is 0. The summed E-state index contributed by atoms with van der Waals surface area (Å²) in [7, 11) is 0.0475. The van der Waals surface area contributed by atoms with Crippen molar-refractivity contribution in [1.82, 2.24) is 9.22 Å². The summed E-state index contributed by atoms with van der Waals surface area (Å²) in [5.41, 5.74) is 0.933. The Bertz CT molecular complexity index is 539. The van der Waals surface area contributed by atoms with E-state index in [4.69, 9.17) is 4.74 Å². The van der Waals surface area contributed by atoms with Crippen molar-refractivity contribution in [3.05, 3.63) is 60.7 Å². The van der Waals surface area contributed by atoms with E-state index < -0.39 is 0 Å². The second kappa shape index (κ2) is 11.5. The van der Waals surface area contributed by atoms with Gasteiger partial charge in [0.05, 0.1) is 6.61 Å². The number of carbonyl (C=O) groups is 1. The van der Waals surface area contributed by atoms with Crippen LogP contribution in [0.25, 0.3) is 6.08 Å². The Hall–Kier alpha value is -2.14. The van der Waals surface area contributed by atoms with Crippen molar-refractivity contribution in [2.75, 3.05) is 6.61 Å². The Labute approximate surface area is 134 Å². The smallest absolute Gasteiger partial charge is 0.330 e. The summed E-state index contributed by atoms with van der Waals surface area (Å²) in [5.74, 6) is -0.320. The third-order valence-corrected chi connectivity index (χ3v) is 4.80. The van der Waals surface area contributed by atoms with Crippen LogP contribution in [0.2, 0.25) is 6.04 Å². The average molecular weight is 316 g/mol. The predicted molar refractivity (Wildman–Crippen MR) is 93.4 cm³/mol. The lowest BCUT2D eigenvalue weighted by Crippen LogP contribution is -2.00. The quantitative estimate of drug-likeness (QED) is 0.467. The summed E-state index contributed by atoms with van der Waals surface area (Å²) in [4.78, 5) is 14.8. The van der Waals surface area contributed by atoms with Gasteiger partial charge in [0, 0.05) is 18.5 Å². The molecule has 0 N–H and O–H groups in total. The van der Waals surface area contributed by atoms with Gasteiger partial charge in [0.15, 0.2) is 0 Å². The fourth-order valence-electron chi connectivity index (χ4n) is 1.69. The van der Waals surface area contributed by atoms with E-state index in [9.17, 15) is 4.79 Å². The molecule has 2 aromatic heterocycles. The van der Waals surface area contributed by atoms with Crippen LogP contribution in [-0.2, 0) is 9.53 Å². The third-order valence-electron chi connectivity index (χ3n) is 2.84. The van der Waals surface area contributed by atoms with Crippen LogP contribution in [0, 0.1) is 0 Å². The molecule has 0 fully saturated rings. The molecule has 118 valence electrons. The summed E-state index contributed by atoms with van der Waals surface area (Å²) in [6.45, 7) is 4.42. The average Bonchev–Trinajstić information content (AvgIpc) is 3.06. The van der Waals surface area contributed by atoms with Gasteiger partial charge in [0.2, 0.25) is 0 Å². The van der Waals surface area contributed by atoms with Crippen LogP contribution in [0.4, 0.5) is 0 Å². The Morgan fingerprint density at radius 3 is 2.55 bits per heavy atom. The molecule has 2 heterocycles. The first kappa shape index (κ1) is 17.9. The third kappa shape index (κ3) is 8.21. The van der Waals surface area contributed by atoms with Gasteiger partial charge in [0.25, 0.3) is 0 Å². The van der Waals surface area contributed by atoms with Crippen LogP contribution in [-0.4, -0.2) is 31.5 Å². The van der Waals surface area contributed by atoms with E-state index >= 15 is 0 Å². The molecule has 0 spiro atoms. The summed E-state index contributed by atoms with van der Waals surface area (Å²) >= 11 is 0. The largest absolute Gasteiger partial charge is 0.463 e. The number of aromatic nitrogens is 2. The molecular formula is C17H24N2O2Si. The molecule has 0 aliphatic heterocycles. The van der Waals surface area contributed by atoms with Crippen LogP contribution in [0.5, 0.6) is 0 Å². The first-order valence-corrected chi connectivity index (χ1v) is 9.25. The van der Waals surface area contributed by atoms with Crippen molar-refractivity contribution in [2.45, 2.75) is 26.3 Å². The lowest BCUT2D eigenvalue weighted by Gasteiger charge is -1.96. The van der Waals surface area contributed by atoms with E-state index in [1.807, 2.05) is 12.1 Å². The Morgan fingerprint density at radius 1 is 1.27 bits per heavy atom. The number of hydrogen-bond acceptors (Lipinski definition) is 3. The first-order valence-electron chi connectivity index (χ1n) is 7.61. The molecule has 0 aromatic carbocycles. The van der Waals surface area contributed by atoms with E-state index in [2.05, 4.69) is 40.7 Å². The Balaban J connectivity index is 0.000000235. The first-order chi connectivity index (χ1) is 10.8. The molecule has 0 unspecified atom stereocenters. The molecule has 0 bridgehead atoms. The van der Waals surface area contributed by atoms with Crippen LogP contribution >= 0.6 is 0 Å². The maximum Gasteiger partial charge on any atom is 0.330 e. The highest BCUT2D eigenvalue weighted by Crippen LogP contribution is 1.99. The summed E-state index contributed by atoms with van der Waals surface area (Å²) in [5, 5.41) is 0. The lowest BCUT2D eigenvalue weighted by atomic mass is 10.2. The van der Waals surface area contributed by atoms with Crippen LogP contribution < -0.4 is 0 Å². The van der Waals surface area contributed by atoms with E-state index in [1.54, 1.807) is 25.4 Å². The minimum Gasteiger partial charge on any atom is -0.463 e. The highest BCUT2D eigenvalue weighted by Gasteiger charge is 1.92. The number of carbonyl (C=O) groups excluding carboxylic acids is 1. The van der Waals surface area contributed by atoms with Crippen LogP contribution in [0.15, 0.2) is 55.1 Å². The maximum atomic E-state index is 10.9. The topological polar surface area (TPSA) is 44.1 Å². The minimum atomic E-state index is -0.320. The molecule has 0 radical (unpaired) electrons. The van der Waals surface area contributed by atoms with Crippen molar-refractivity contribution in [3.8, 4) is 0 Å². The predicted octanol–water partition coefficient (Wildman–Crippen LogP) is 2.91. The summed E-state index contributed by atoms with van der Waals surface area (Å²) in [6.07, 6.45) is 12.1.